The number of benzene rings is 6. The summed E-state index contributed by atoms with van der Waals surface area (Å²) in [6.45, 7) is 0.871. The van der Waals surface area contributed by atoms with Crippen molar-refractivity contribution < 1.29 is 32.6 Å². The summed E-state index contributed by atoms with van der Waals surface area (Å²) in [7, 11) is -1.81. The lowest BCUT2D eigenvalue weighted by Crippen LogP contribution is -2.49. The van der Waals surface area contributed by atoms with Crippen molar-refractivity contribution in [2.24, 2.45) is 0 Å². The highest BCUT2D eigenvalue weighted by atomic mass is 31.2. The van der Waals surface area contributed by atoms with E-state index in [-0.39, 0.29) is 24.9 Å². The number of rotatable bonds is 21. The van der Waals surface area contributed by atoms with E-state index < -0.39 is 38.6 Å². The summed E-state index contributed by atoms with van der Waals surface area (Å²) >= 11 is 0. The van der Waals surface area contributed by atoms with E-state index in [1.807, 2.05) is 188 Å². The predicted octanol–water partition coefficient (Wildman–Crippen LogP) is 9.66. The molecular formula is C50H50O7P2. The van der Waals surface area contributed by atoms with Gasteiger partial charge < -0.3 is 23.3 Å². The molecule has 9 heteroatoms. The monoisotopic (exact) mass is 824 g/mol. The summed E-state index contributed by atoms with van der Waals surface area (Å²) in [6, 6.07) is 58.2. The van der Waals surface area contributed by atoms with Crippen LogP contribution in [-0.2, 0) is 52.4 Å². The van der Waals surface area contributed by atoms with Crippen LogP contribution in [0.2, 0.25) is 0 Å². The van der Waals surface area contributed by atoms with Crippen molar-refractivity contribution >= 4 is 41.2 Å². The van der Waals surface area contributed by atoms with E-state index in [4.69, 9.17) is 23.3 Å². The van der Waals surface area contributed by atoms with Gasteiger partial charge in [-0.05, 0) is 39.5 Å². The molecule has 0 radical (unpaired) electrons. The van der Waals surface area contributed by atoms with Crippen molar-refractivity contribution in [2.45, 2.75) is 38.1 Å². The van der Waals surface area contributed by atoms with Crippen LogP contribution in [-0.4, -0.2) is 43.3 Å². The van der Waals surface area contributed by atoms with Crippen molar-refractivity contribution in [3.63, 3.8) is 0 Å². The van der Waals surface area contributed by atoms with Gasteiger partial charge in [0, 0.05) is 14.2 Å². The van der Waals surface area contributed by atoms with Gasteiger partial charge in [0.2, 0.25) is 5.78 Å². The number of ether oxygens (including phenoxy) is 3. The first-order valence-corrected chi connectivity index (χ1v) is 22.7. The lowest BCUT2D eigenvalue weighted by Gasteiger charge is -2.37. The Morgan fingerprint density at radius 3 is 1.27 bits per heavy atom. The van der Waals surface area contributed by atoms with Crippen LogP contribution < -0.4 is 15.9 Å². The Morgan fingerprint density at radius 1 is 0.542 bits per heavy atom. The van der Waals surface area contributed by atoms with Crippen molar-refractivity contribution in [1.29, 1.82) is 0 Å². The van der Waals surface area contributed by atoms with Crippen LogP contribution in [0.5, 0.6) is 0 Å². The second-order valence-corrected chi connectivity index (χ2v) is 19.5. The molecule has 0 aromatic heterocycles. The molecule has 0 fully saturated rings. The Balaban J connectivity index is 1.68. The third kappa shape index (κ3) is 10.5. The van der Waals surface area contributed by atoms with Gasteiger partial charge in [-0.15, -0.1) is 0 Å². The summed E-state index contributed by atoms with van der Waals surface area (Å²) < 4.78 is 48.0. The number of carbonyl (C=O) groups excluding carboxylic acids is 1. The summed E-state index contributed by atoms with van der Waals surface area (Å²) in [5.74, 6) is -0.587. The van der Waals surface area contributed by atoms with E-state index in [0.717, 1.165) is 32.6 Å². The Morgan fingerprint density at radius 2 is 0.898 bits per heavy atom. The maximum atomic E-state index is 16.5. The van der Waals surface area contributed by atoms with Gasteiger partial charge in [-0.25, -0.2) is 0 Å². The third-order valence-electron chi connectivity index (χ3n) is 9.87. The van der Waals surface area contributed by atoms with Crippen LogP contribution in [0.3, 0.4) is 0 Å². The second kappa shape index (κ2) is 21.7. The third-order valence-corrected chi connectivity index (χ3v) is 17.3. The lowest BCUT2D eigenvalue weighted by molar-refractivity contribution is -0.155. The molecule has 6 aromatic carbocycles. The van der Waals surface area contributed by atoms with Gasteiger partial charge in [-0.2, -0.15) is 0 Å². The molecule has 0 N–H and O–H groups in total. The number of Topliss-reactive ketones (excluding diaryl/α,β-unsaturated/α-hetero) is 1. The molecule has 0 aliphatic rings. The van der Waals surface area contributed by atoms with Gasteiger partial charge in [-0.3, -0.25) is 9.36 Å². The van der Waals surface area contributed by atoms with Crippen molar-refractivity contribution in [1.82, 2.24) is 0 Å². The highest BCUT2D eigenvalue weighted by Gasteiger charge is 2.49. The highest BCUT2D eigenvalue weighted by molar-refractivity contribution is 8.07. The molecule has 0 amide bonds. The lowest BCUT2D eigenvalue weighted by atomic mass is 10.0. The van der Waals surface area contributed by atoms with Crippen LogP contribution >= 0.6 is 14.5 Å². The Hall–Kier alpha value is -5.20. The molecule has 0 saturated heterocycles. The van der Waals surface area contributed by atoms with Gasteiger partial charge in [0.1, 0.15) is 17.2 Å². The molecule has 0 saturated carbocycles. The Bertz CT molecular complexity index is 2230. The Kier molecular flexibility index (Phi) is 16.0. The molecule has 0 heterocycles. The minimum atomic E-state index is -4.44. The number of carbonyl (C=O) groups is 1. The van der Waals surface area contributed by atoms with Crippen molar-refractivity contribution in [3.05, 3.63) is 223 Å². The molecular weight excluding hydrogens is 774 g/mol. The first kappa shape index (κ1) is 43.4. The standard InChI is InChI=1S/C50H50O7P2/c1-4-5-36-46(55-37-40-24-12-6-13-25-40)48(56-38-41-26-14-7-15-27-41)49(57-39-42-28-16-8-17-29-42)47(51)50(59(52,53-2)54-3)58(43-30-18-9-19-31-43,44-32-20-10-21-33-44)45-34-22-11-23-35-45/h4-36,46,48-49H,1,37-39H2,2-3H3/b36-5+/t46-,48+,49-/m1/s1. The average Bonchev–Trinajstić information content (AvgIpc) is 3.31. The second-order valence-electron chi connectivity index (χ2n) is 13.6. The first-order chi connectivity index (χ1) is 28.9. The molecule has 6 rings (SSSR count). The quantitative estimate of drug-likeness (QED) is 0.0529. The van der Waals surface area contributed by atoms with E-state index in [1.165, 1.54) is 14.2 Å². The SMILES string of the molecule is C=C/C=C/[C@@H](OCc1ccccc1)[C@H](OCc1ccccc1)[C@H](OCc1ccccc1)C(=O)C(P(=O)(OC)OC)=P(c1ccccc1)(c1ccccc1)c1ccccc1. The minimum Gasteiger partial charge on any atom is -0.367 e. The van der Waals surface area contributed by atoms with Gasteiger partial charge in [0.05, 0.1) is 19.8 Å². The molecule has 0 bridgehead atoms. The molecule has 3 atom stereocenters. The maximum Gasteiger partial charge on any atom is 0.365 e. The van der Waals surface area contributed by atoms with E-state index >= 15 is 9.36 Å². The number of hydrogen-bond donors (Lipinski definition) is 0. The predicted molar refractivity (Wildman–Crippen MR) is 241 cm³/mol. The molecule has 59 heavy (non-hydrogen) atoms. The maximum absolute atomic E-state index is 16.5. The molecule has 0 spiro atoms. The van der Waals surface area contributed by atoms with Crippen LogP contribution in [0.15, 0.2) is 207 Å². The topological polar surface area (TPSA) is 80.3 Å². The largest absolute Gasteiger partial charge is 0.367 e. The zero-order chi connectivity index (χ0) is 41.3. The van der Waals surface area contributed by atoms with E-state index in [2.05, 4.69) is 6.58 Å². The number of hydrogen-bond acceptors (Lipinski definition) is 7. The van der Waals surface area contributed by atoms with Gasteiger partial charge in [0.15, 0.2) is 6.10 Å². The minimum absolute atomic E-state index is 0.0283. The molecule has 0 aliphatic carbocycles. The summed E-state index contributed by atoms with van der Waals surface area (Å²) in [6.07, 6.45) is 1.88. The fraction of sp³-hybridized carbons (Fsp3) is 0.160. The van der Waals surface area contributed by atoms with Crippen LogP contribution in [0.25, 0.3) is 0 Å². The summed E-state index contributed by atoms with van der Waals surface area (Å²) in [5, 5.41) is 2.31. The zero-order valence-corrected chi connectivity index (χ0v) is 35.2. The molecule has 0 unspecified atom stereocenters. The van der Waals surface area contributed by atoms with E-state index in [9.17, 15) is 0 Å². The molecule has 7 nitrogen and oxygen atoms in total. The van der Waals surface area contributed by atoms with Crippen LogP contribution in [0.1, 0.15) is 16.7 Å². The summed E-state index contributed by atoms with van der Waals surface area (Å²) in [5.41, 5.74) is 2.63. The van der Waals surface area contributed by atoms with E-state index in [1.54, 1.807) is 12.2 Å². The number of allylic oxidation sites excluding steroid dienone is 2. The van der Waals surface area contributed by atoms with Crippen molar-refractivity contribution in [2.75, 3.05) is 14.2 Å². The van der Waals surface area contributed by atoms with Gasteiger partial charge in [0.25, 0.3) is 0 Å². The molecule has 6 aromatic rings. The average molecular weight is 825 g/mol. The molecule has 302 valence electrons. The van der Waals surface area contributed by atoms with Gasteiger partial charge >= 0.3 is 7.60 Å². The van der Waals surface area contributed by atoms with Crippen LogP contribution in [0.4, 0.5) is 0 Å². The zero-order valence-electron chi connectivity index (χ0n) is 33.4. The smallest absolute Gasteiger partial charge is 0.365 e. The van der Waals surface area contributed by atoms with Gasteiger partial charge in [-0.1, -0.05) is 207 Å². The van der Waals surface area contributed by atoms with E-state index in [0.29, 0.717) is 0 Å². The summed E-state index contributed by atoms with van der Waals surface area (Å²) in [4.78, 5) is 16.5. The molecule has 0 aliphatic heterocycles. The first-order valence-electron chi connectivity index (χ1n) is 19.4. The Labute approximate surface area is 348 Å². The van der Waals surface area contributed by atoms with Crippen LogP contribution in [0, 0.1) is 0 Å². The highest BCUT2D eigenvalue weighted by Crippen LogP contribution is 2.61. The van der Waals surface area contributed by atoms with Crippen molar-refractivity contribution in [3.8, 4) is 0 Å². The number of ketones is 1. The fourth-order valence-electron chi connectivity index (χ4n) is 7.04. The fourth-order valence-corrected chi connectivity index (χ4v) is 14.9. The normalized spacial score (nSPS) is 13.4.